The Morgan fingerprint density at radius 3 is 2.79 bits per heavy atom. The molecule has 1 saturated carbocycles. The molecule has 98 valence electrons. The molecule has 3 rings (SSSR count). The smallest absolute Gasteiger partial charge is 0.153 e. The highest BCUT2D eigenvalue weighted by atomic mass is 35.5. The van der Waals surface area contributed by atoms with Gasteiger partial charge in [-0.1, -0.05) is 29.8 Å². The first-order chi connectivity index (χ1) is 9.20. The number of hydrogen-bond acceptors (Lipinski definition) is 2. The lowest BCUT2D eigenvalue weighted by atomic mass is 10.1. The van der Waals surface area contributed by atoms with E-state index >= 15 is 0 Å². The van der Waals surface area contributed by atoms with Crippen LogP contribution in [0.5, 0.6) is 0 Å². The average molecular weight is 275 g/mol. The highest BCUT2D eigenvalue weighted by molar-refractivity contribution is 6.33. The predicted octanol–water partition coefficient (Wildman–Crippen LogP) is 3.99. The fourth-order valence-corrected chi connectivity index (χ4v) is 2.58. The quantitative estimate of drug-likeness (QED) is 0.790. The van der Waals surface area contributed by atoms with Crippen molar-refractivity contribution in [3.63, 3.8) is 0 Å². The van der Waals surface area contributed by atoms with Crippen molar-refractivity contribution in [1.82, 2.24) is 9.78 Å². The second-order valence-corrected chi connectivity index (χ2v) is 5.50. The summed E-state index contributed by atoms with van der Waals surface area (Å²) < 4.78 is 1.90. The molecule has 1 unspecified atom stereocenters. The molecule has 0 spiro atoms. The molecule has 0 radical (unpaired) electrons. The Morgan fingerprint density at radius 1 is 1.42 bits per heavy atom. The summed E-state index contributed by atoms with van der Waals surface area (Å²) in [7, 11) is 0. The largest absolute Gasteiger partial charge is 0.298 e. The minimum atomic E-state index is 0.343. The van der Waals surface area contributed by atoms with Crippen molar-refractivity contribution in [3.8, 4) is 11.3 Å². The summed E-state index contributed by atoms with van der Waals surface area (Å²) in [5.74, 6) is 0.693. The van der Waals surface area contributed by atoms with Crippen molar-refractivity contribution in [2.45, 2.75) is 25.8 Å². The standard InChI is InChI=1S/C15H15ClN2O/c1-10(11-6-7-11)18-8-12(9-19)15(17-18)13-4-2-3-5-14(13)16/h2-5,8-11H,6-7H2,1H3. The number of halogens is 1. The van der Waals surface area contributed by atoms with Gasteiger partial charge in [0.1, 0.15) is 5.69 Å². The zero-order valence-corrected chi connectivity index (χ0v) is 11.5. The van der Waals surface area contributed by atoms with Crippen LogP contribution >= 0.6 is 11.6 Å². The summed E-state index contributed by atoms with van der Waals surface area (Å²) in [5.41, 5.74) is 2.08. The molecule has 1 atom stereocenters. The van der Waals surface area contributed by atoms with Crippen molar-refractivity contribution in [1.29, 1.82) is 0 Å². The highest BCUT2D eigenvalue weighted by Gasteiger charge is 2.30. The molecule has 1 fully saturated rings. The van der Waals surface area contributed by atoms with Gasteiger partial charge < -0.3 is 0 Å². The first-order valence-electron chi connectivity index (χ1n) is 6.50. The number of aldehydes is 1. The van der Waals surface area contributed by atoms with Gasteiger partial charge in [0.05, 0.1) is 16.6 Å². The van der Waals surface area contributed by atoms with E-state index in [0.717, 1.165) is 11.8 Å². The Balaban J connectivity index is 2.05. The Kier molecular flexibility index (Phi) is 3.15. The maximum Gasteiger partial charge on any atom is 0.153 e. The van der Waals surface area contributed by atoms with Crippen LogP contribution in [-0.4, -0.2) is 16.1 Å². The Hall–Kier alpha value is -1.61. The van der Waals surface area contributed by atoms with Gasteiger partial charge in [0, 0.05) is 11.8 Å². The molecule has 3 nitrogen and oxygen atoms in total. The van der Waals surface area contributed by atoms with Crippen LogP contribution in [0, 0.1) is 5.92 Å². The molecule has 0 bridgehead atoms. The monoisotopic (exact) mass is 274 g/mol. The van der Waals surface area contributed by atoms with E-state index in [0.29, 0.717) is 28.2 Å². The van der Waals surface area contributed by atoms with Crippen LogP contribution in [0.15, 0.2) is 30.5 Å². The van der Waals surface area contributed by atoms with Gasteiger partial charge in [-0.15, -0.1) is 0 Å². The van der Waals surface area contributed by atoms with Gasteiger partial charge in [-0.25, -0.2) is 0 Å². The van der Waals surface area contributed by atoms with Crippen molar-refractivity contribution in [3.05, 3.63) is 41.0 Å². The zero-order valence-electron chi connectivity index (χ0n) is 10.7. The molecule has 1 aliphatic carbocycles. The van der Waals surface area contributed by atoms with Crippen molar-refractivity contribution in [2.75, 3.05) is 0 Å². The first kappa shape index (κ1) is 12.4. The molecule has 4 heteroatoms. The fraction of sp³-hybridized carbons (Fsp3) is 0.333. The molecule has 1 aromatic heterocycles. The molecule has 1 heterocycles. The fourth-order valence-electron chi connectivity index (χ4n) is 2.36. The lowest BCUT2D eigenvalue weighted by Crippen LogP contribution is -2.07. The van der Waals surface area contributed by atoms with E-state index in [4.69, 9.17) is 11.6 Å². The van der Waals surface area contributed by atoms with Crippen molar-refractivity contribution < 1.29 is 4.79 Å². The number of carbonyl (C=O) groups excluding carboxylic acids is 1. The molecule has 2 aromatic rings. The van der Waals surface area contributed by atoms with Gasteiger partial charge in [0.15, 0.2) is 6.29 Å². The van der Waals surface area contributed by atoms with Crippen LogP contribution in [0.1, 0.15) is 36.2 Å². The van der Waals surface area contributed by atoms with E-state index < -0.39 is 0 Å². The van der Waals surface area contributed by atoms with Crippen LogP contribution in [0.3, 0.4) is 0 Å². The maximum absolute atomic E-state index is 11.2. The van der Waals surface area contributed by atoms with Crippen LogP contribution in [-0.2, 0) is 0 Å². The topological polar surface area (TPSA) is 34.9 Å². The summed E-state index contributed by atoms with van der Waals surface area (Å²) in [6.07, 6.45) is 5.17. The third-order valence-corrected chi connectivity index (χ3v) is 4.07. The van der Waals surface area contributed by atoms with Gasteiger partial charge in [-0.05, 0) is 31.7 Å². The van der Waals surface area contributed by atoms with E-state index in [2.05, 4.69) is 12.0 Å². The van der Waals surface area contributed by atoms with Crippen LogP contribution in [0.2, 0.25) is 5.02 Å². The van der Waals surface area contributed by atoms with Crippen LogP contribution in [0.4, 0.5) is 0 Å². The van der Waals surface area contributed by atoms with Crippen molar-refractivity contribution >= 4 is 17.9 Å². The second-order valence-electron chi connectivity index (χ2n) is 5.09. The van der Waals surface area contributed by atoms with Crippen LogP contribution in [0.25, 0.3) is 11.3 Å². The van der Waals surface area contributed by atoms with E-state index in [9.17, 15) is 4.79 Å². The molecular formula is C15H15ClN2O. The number of hydrogen-bond donors (Lipinski definition) is 0. The maximum atomic E-state index is 11.2. The molecule has 0 aliphatic heterocycles. The first-order valence-corrected chi connectivity index (χ1v) is 6.87. The van der Waals surface area contributed by atoms with Crippen LogP contribution < -0.4 is 0 Å². The summed E-state index contributed by atoms with van der Waals surface area (Å²) in [5, 5.41) is 5.19. The van der Waals surface area contributed by atoms with Gasteiger partial charge >= 0.3 is 0 Å². The SMILES string of the molecule is CC(C1CC1)n1cc(C=O)c(-c2ccccc2Cl)n1. The molecule has 19 heavy (non-hydrogen) atoms. The Labute approximate surface area is 117 Å². The van der Waals surface area contributed by atoms with E-state index in [-0.39, 0.29) is 0 Å². The van der Waals surface area contributed by atoms with E-state index in [1.807, 2.05) is 35.1 Å². The third-order valence-electron chi connectivity index (χ3n) is 3.74. The number of carbonyl (C=O) groups is 1. The third kappa shape index (κ3) is 2.30. The number of aromatic nitrogens is 2. The second kappa shape index (κ2) is 4.82. The predicted molar refractivity (Wildman–Crippen MR) is 75.5 cm³/mol. The van der Waals surface area contributed by atoms with Gasteiger partial charge in [0.2, 0.25) is 0 Å². The lowest BCUT2D eigenvalue weighted by molar-refractivity contribution is 0.112. The summed E-state index contributed by atoms with van der Waals surface area (Å²) in [6.45, 7) is 2.15. The zero-order chi connectivity index (χ0) is 13.4. The van der Waals surface area contributed by atoms with E-state index in [1.54, 1.807) is 0 Å². The molecule has 0 amide bonds. The normalized spacial score (nSPS) is 16.3. The number of nitrogens with zero attached hydrogens (tertiary/aromatic N) is 2. The van der Waals surface area contributed by atoms with Gasteiger partial charge in [-0.2, -0.15) is 5.10 Å². The van der Waals surface area contributed by atoms with Gasteiger partial charge in [-0.3, -0.25) is 9.48 Å². The Morgan fingerprint density at radius 2 is 2.16 bits per heavy atom. The minimum Gasteiger partial charge on any atom is -0.298 e. The molecular weight excluding hydrogens is 260 g/mol. The molecule has 0 N–H and O–H groups in total. The van der Waals surface area contributed by atoms with Crippen molar-refractivity contribution in [2.24, 2.45) is 5.92 Å². The van der Waals surface area contributed by atoms with Gasteiger partial charge in [0.25, 0.3) is 0 Å². The van der Waals surface area contributed by atoms with E-state index in [1.165, 1.54) is 12.8 Å². The Bertz CT molecular complexity index is 616. The summed E-state index contributed by atoms with van der Waals surface area (Å²) in [6, 6.07) is 7.82. The minimum absolute atomic E-state index is 0.343. The summed E-state index contributed by atoms with van der Waals surface area (Å²) >= 11 is 6.19. The number of benzene rings is 1. The number of rotatable bonds is 4. The highest BCUT2D eigenvalue weighted by Crippen LogP contribution is 2.40. The molecule has 0 saturated heterocycles. The lowest BCUT2D eigenvalue weighted by Gasteiger charge is -2.10. The average Bonchev–Trinajstić information content (AvgIpc) is 3.18. The summed E-state index contributed by atoms with van der Waals surface area (Å²) in [4.78, 5) is 11.2. The molecule has 1 aromatic carbocycles. The molecule has 1 aliphatic rings.